The Hall–Kier alpha value is -2.18. The van der Waals surface area contributed by atoms with E-state index in [1.165, 1.54) is 12.3 Å². The molecule has 0 saturated heterocycles. The maximum absolute atomic E-state index is 12.7. The van der Waals surface area contributed by atoms with Crippen LogP contribution in [-0.4, -0.2) is 23.5 Å². The number of halogens is 2. The van der Waals surface area contributed by atoms with Crippen molar-refractivity contribution in [2.75, 3.05) is 6.61 Å². The molecule has 122 valence electrons. The SMILES string of the molecule is C=C(CCC)NC(=O)NCc1ccnc(OCC(C)(F)F)c1. The normalized spacial score (nSPS) is 10.9. The van der Waals surface area contributed by atoms with E-state index < -0.39 is 12.5 Å². The molecular formula is C15H21F2N3O2. The van der Waals surface area contributed by atoms with Crippen LogP contribution >= 0.6 is 0 Å². The number of carbonyl (C=O) groups excluding carboxylic acids is 1. The summed E-state index contributed by atoms with van der Waals surface area (Å²) in [4.78, 5) is 15.5. The van der Waals surface area contributed by atoms with Gasteiger partial charge in [0.15, 0.2) is 6.61 Å². The van der Waals surface area contributed by atoms with E-state index in [1.54, 1.807) is 6.07 Å². The van der Waals surface area contributed by atoms with Crippen molar-refractivity contribution in [2.24, 2.45) is 0 Å². The third-order valence-corrected chi connectivity index (χ3v) is 2.57. The first kappa shape index (κ1) is 17.9. The van der Waals surface area contributed by atoms with E-state index in [9.17, 15) is 13.6 Å². The largest absolute Gasteiger partial charge is 0.471 e. The zero-order valence-corrected chi connectivity index (χ0v) is 12.8. The Kier molecular flexibility index (Phi) is 6.75. The fourth-order valence-electron chi connectivity index (χ4n) is 1.59. The van der Waals surface area contributed by atoms with Gasteiger partial charge in [0.25, 0.3) is 5.92 Å². The van der Waals surface area contributed by atoms with Crippen molar-refractivity contribution < 1.29 is 18.3 Å². The van der Waals surface area contributed by atoms with E-state index >= 15 is 0 Å². The van der Waals surface area contributed by atoms with Crippen molar-refractivity contribution >= 4 is 6.03 Å². The van der Waals surface area contributed by atoms with E-state index in [0.717, 1.165) is 13.3 Å². The van der Waals surface area contributed by atoms with E-state index in [0.29, 0.717) is 17.7 Å². The molecule has 0 spiro atoms. The maximum Gasteiger partial charge on any atom is 0.319 e. The van der Waals surface area contributed by atoms with Gasteiger partial charge in [-0.3, -0.25) is 0 Å². The van der Waals surface area contributed by atoms with Crippen LogP contribution in [0.25, 0.3) is 0 Å². The Morgan fingerprint density at radius 3 is 2.86 bits per heavy atom. The highest BCUT2D eigenvalue weighted by atomic mass is 19.3. The van der Waals surface area contributed by atoms with Gasteiger partial charge >= 0.3 is 6.03 Å². The first-order valence-electron chi connectivity index (χ1n) is 6.98. The number of nitrogens with zero attached hydrogens (tertiary/aromatic N) is 1. The van der Waals surface area contributed by atoms with Crippen LogP contribution < -0.4 is 15.4 Å². The lowest BCUT2D eigenvalue weighted by Gasteiger charge is -2.12. The molecule has 7 heteroatoms. The van der Waals surface area contributed by atoms with Crippen molar-refractivity contribution in [1.29, 1.82) is 0 Å². The van der Waals surface area contributed by atoms with Crippen LogP contribution in [0.3, 0.4) is 0 Å². The second kappa shape index (κ2) is 8.31. The van der Waals surface area contributed by atoms with Crippen LogP contribution in [-0.2, 0) is 6.54 Å². The average Bonchev–Trinajstić information content (AvgIpc) is 2.43. The Bertz CT molecular complexity index is 516. The number of alkyl halides is 2. The molecule has 1 aromatic rings. The fourth-order valence-corrected chi connectivity index (χ4v) is 1.59. The molecule has 0 aliphatic carbocycles. The second-order valence-electron chi connectivity index (χ2n) is 5.02. The van der Waals surface area contributed by atoms with Crippen molar-refractivity contribution in [1.82, 2.24) is 15.6 Å². The zero-order valence-electron chi connectivity index (χ0n) is 12.8. The van der Waals surface area contributed by atoms with Gasteiger partial charge in [-0.1, -0.05) is 19.9 Å². The minimum Gasteiger partial charge on any atom is -0.471 e. The molecule has 0 saturated carbocycles. The summed E-state index contributed by atoms with van der Waals surface area (Å²) < 4.78 is 30.4. The quantitative estimate of drug-likeness (QED) is 0.774. The second-order valence-corrected chi connectivity index (χ2v) is 5.02. The molecule has 5 nitrogen and oxygen atoms in total. The Morgan fingerprint density at radius 1 is 1.50 bits per heavy atom. The highest BCUT2D eigenvalue weighted by Crippen LogP contribution is 2.15. The zero-order chi connectivity index (χ0) is 16.6. The average molecular weight is 313 g/mol. The Labute approximate surface area is 128 Å². The number of hydrogen-bond acceptors (Lipinski definition) is 3. The third-order valence-electron chi connectivity index (χ3n) is 2.57. The summed E-state index contributed by atoms with van der Waals surface area (Å²) >= 11 is 0. The van der Waals surface area contributed by atoms with Gasteiger partial charge in [-0.05, 0) is 18.1 Å². The number of pyridine rings is 1. The summed E-state index contributed by atoms with van der Waals surface area (Å²) in [6, 6.07) is 2.81. The van der Waals surface area contributed by atoms with Crippen molar-refractivity contribution in [3.63, 3.8) is 0 Å². The highest BCUT2D eigenvalue weighted by Gasteiger charge is 2.22. The molecule has 0 fully saturated rings. The molecule has 0 aliphatic heterocycles. The van der Waals surface area contributed by atoms with Gasteiger partial charge in [-0.15, -0.1) is 0 Å². The number of urea groups is 1. The van der Waals surface area contributed by atoms with Crippen LogP contribution in [0.2, 0.25) is 0 Å². The van der Waals surface area contributed by atoms with Crippen LogP contribution in [0.4, 0.5) is 13.6 Å². The van der Waals surface area contributed by atoms with Gasteiger partial charge in [0.05, 0.1) is 0 Å². The van der Waals surface area contributed by atoms with Gasteiger partial charge in [0, 0.05) is 31.4 Å². The number of carbonyl (C=O) groups is 1. The van der Waals surface area contributed by atoms with Crippen LogP contribution in [0.5, 0.6) is 5.88 Å². The maximum atomic E-state index is 12.7. The lowest BCUT2D eigenvalue weighted by molar-refractivity contribution is -0.0242. The van der Waals surface area contributed by atoms with Gasteiger partial charge in [-0.2, -0.15) is 0 Å². The Balaban J connectivity index is 2.46. The van der Waals surface area contributed by atoms with Crippen molar-refractivity contribution in [2.45, 2.75) is 39.2 Å². The molecule has 1 rings (SSSR count). The van der Waals surface area contributed by atoms with Gasteiger partial charge < -0.3 is 15.4 Å². The number of aromatic nitrogens is 1. The number of rotatable bonds is 8. The topological polar surface area (TPSA) is 63.2 Å². The summed E-state index contributed by atoms with van der Waals surface area (Å²) in [5.74, 6) is -2.83. The van der Waals surface area contributed by atoms with E-state index in [-0.39, 0.29) is 18.5 Å². The molecule has 22 heavy (non-hydrogen) atoms. The number of allylic oxidation sites excluding steroid dienone is 1. The number of nitrogens with one attached hydrogen (secondary N) is 2. The lowest BCUT2D eigenvalue weighted by atomic mass is 10.2. The van der Waals surface area contributed by atoms with E-state index in [2.05, 4.69) is 22.2 Å². The minimum atomic E-state index is -2.92. The van der Waals surface area contributed by atoms with Gasteiger partial charge in [0.1, 0.15) is 0 Å². The van der Waals surface area contributed by atoms with Gasteiger partial charge in [0.2, 0.25) is 5.88 Å². The number of ether oxygens (including phenoxy) is 1. The molecule has 0 radical (unpaired) electrons. The van der Waals surface area contributed by atoms with E-state index in [1.807, 2.05) is 6.92 Å². The lowest BCUT2D eigenvalue weighted by Crippen LogP contribution is -2.34. The third kappa shape index (κ3) is 7.56. The van der Waals surface area contributed by atoms with E-state index in [4.69, 9.17) is 4.74 Å². The predicted octanol–water partition coefficient (Wildman–Crippen LogP) is 3.23. The number of amides is 2. The minimum absolute atomic E-state index is 0.0941. The molecule has 2 amide bonds. The van der Waals surface area contributed by atoms with Crippen molar-refractivity contribution in [3.05, 3.63) is 36.2 Å². The molecule has 0 aromatic carbocycles. The summed E-state index contributed by atoms with van der Waals surface area (Å²) in [7, 11) is 0. The summed E-state index contributed by atoms with van der Waals surface area (Å²) in [5.41, 5.74) is 1.34. The standard InChI is InChI=1S/C15H21F2N3O2/c1-4-5-11(2)20-14(21)19-9-12-6-7-18-13(8-12)22-10-15(3,16)17/h6-8H,2,4-5,9-10H2,1,3H3,(H2,19,20,21). The fraction of sp³-hybridized carbons (Fsp3) is 0.467. The molecule has 0 bridgehead atoms. The Morgan fingerprint density at radius 2 is 2.23 bits per heavy atom. The van der Waals surface area contributed by atoms with Crippen LogP contribution in [0.15, 0.2) is 30.6 Å². The summed E-state index contributed by atoms with van der Waals surface area (Å²) in [5, 5.41) is 5.27. The molecule has 0 unspecified atom stereocenters. The molecule has 1 heterocycles. The van der Waals surface area contributed by atoms with Crippen LogP contribution in [0, 0.1) is 0 Å². The first-order valence-corrected chi connectivity index (χ1v) is 6.98. The van der Waals surface area contributed by atoms with Gasteiger partial charge in [-0.25, -0.2) is 18.6 Å². The smallest absolute Gasteiger partial charge is 0.319 e. The molecule has 1 aromatic heterocycles. The summed E-state index contributed by atoms with van der Waals surface area (Å²) in [6.45, 7) is 5.97. The molecule has 0 aliphatic rings. The summed E-state index contributed by atoms with van der Waals surface area (Å²) in [6.07, 6.45) is 3.05. The molecular weight excluding hydrogens is 292 g/mol. The van der Waals surface area contributed by atoms with Crippen LogP contribution in [0.1, 0.15) is 32.3 Å². The monoisotopic (exact) mass is 313 g/mol. The first-order chi connectivity index (χ1) is 10.3. The highest BCUT2D eigenvalue weighted by molar-refractivity contribution is 5.75. The predicted molar refractivity (Wildman–Crippen MR) is 79.8 cm³/mol. The molecule has 0 atom stereocenters. The number of hydrogen-bond donors (Lipinski definition) is 2. The molecule has 2 N–H and O–H groups in total. The van der Waals surface area contributed by atoms with Crippen molar-refractivity contribution in [3.8, 4) is 5.88 Å².